The summed E-state index contributed by atoms with van der Waals surface area (Å²) in [6.07, 6.45) is -4.27. The number of carbonyl (C=O) groups excluding carboxylic acids is 1. The van der Waals surface area contributed by atoms with Gasteiger partial charge in [0.2, 0.25) is 0 Å². The molecule has 1 fully saturated rings. The molecule has 1 heterocycles. The van der Waals surface area contributed by atoms with Crippen LogP contribution in [-0.2, 0) is 9.53 Å². The summed E-state index contributed by atoms with van der Waals surface area (Å²) in [6, 6.07) is 0. The lowest BCUT2D eigenvalue weighted by Gasteiger charge is -2.36. The molecule has 1 aliphatic heterocycles. The van der Waals surface area contributed by atoms with E-state index in [2.05, 4.69) is 16.3 Å². The Balaban J connectivity index is 3.10. The Morgan fingerprint density at radius 3 is 1.86 bits per heavy atom. The zero-order chi connectivity index (χ0) is 17.8. The van der Waals surface area contributed by atoms with E-state index >= 15 is 0 Å². The number of rotatable bonds is 5. The number of carbonyl (C=O) groups is 1. The van der Waals surface area contributed by atoms with Gasteiger partial charge in [-0.15, -0.1) is 0 Å². The van der Waals surface area contributed by atoms with Crippen molar-refractivity contribution in [1.82, 2.24) is 0 Å². The van der Waals surface area contributed by atoms with Crippen LogP contribution in [0.15, 0.2) is 0 Å². The molecule has 0 N–H and O–H groups in total. The second-order valence-electron chi connectivity index (χ2n) is 5.70. The molecule has 0 saturated carbocycles. The number of cyclic esters (lactones) is 1. The summed E-state index contributed by atoms with van der Waals surface area (Å²) in [7, 11) is 0. The number of hydrogen-bond acceptors (Lipinski definition) is 2. The fourth-order valence-electron chi connectivity index (χ4n) is 1.93. The van der Waals surface area contributed by atoms with Crippen molar-refractivity contribution >= 4 is 17.6 Å². The average molecular weight is 363 g/mol. The molecule has 0 aromatic heterocycles. The molecular formula is C11H11ClF8O2. The molecule has 0 bridgehead atoms. The van der Waals surface area contributed by atoms with Crippen molar-refractivity contribution in [3.05, 3.63) is 0 Å². The zero-order valence-corrected chi connectivity index (χ0v) is 12.0. The smallest absolute Gasteiger partial charge is 0.392 e. The van der Waals surface area contributed by atoms with Crippen LogP contribution < -0.4 is 0 Å². The molecule has 1 aliphatic rings. The fraction of sp³-hybridized carbons (Fsp3) is 0.909. The fourth-order valence-corrected chi connectivity index (χ4v) is 2.05. The van der Waals surface area contributed by atoms with E-state index in [-0.39, 0.29) is 0 Å². The van der Waals surface area contributed by atoms with E-state index in [9.17, 15) is 39.9 Å². The van der Waals surface area contributed by atoms with Crippen molar-refractivity contribution in [1.29, 1.82) is 0 Å². The summed E-state index contributed by atoms with van der Waals surface area (Å²) in [4.78, 5) is 11.0. The van der Waals surface area contributed by atoms with Crippen LogP contribution in [0, 0.1) is 5.41 Å². The first-order valence-electron chi connectivity index (χ1n) is 5.85. The number of alkyl halides is 9. The number of ether oxygens (including phenoxy) is 1. The largest absolute Gasteiger partial charge is 0.462 e. The van der Waals surface area contributed by atoms with E-state index < -0.39 is 53.5 Å². The van der Waals surface area contributed by atoms with Gasteiger partial charge in [0.05, 0.1) is 12.8 Å². The maximum absolute atomic E-state index is 13.5. The lowest BCUT2D eigenvalue weighted by Crippen LogP contribution is -2.61. The molecule has 1 atom stereocenters. The van der Waals surface area contributed by atoms with Gasteiger partial charge in [0.1, 0.15) is 6.10 Å². The summed E-state index contributed by atoms with van der Waals surface area (Å²) in [6.45, 7) is 2.43. The number of hydrogen-bond donors (Lipinski definition) is 0. The maximum Gasteiger partial charge on any atom is 0.392 e. The highest BCUT2D eigenvalue weighted by Gasteiger charge is 2.80. The van der Waals surface area contributed by atoms with Crippen molar-refractivity contribution in [2.75, 3.05) is 0 Å². The molecule has 0 radical (unpaired) electrons. The Labute approximate surface area is 124 Å². The molecule has 2 nitrogen and oxygen atoms in total. The Kier molecular flexibility index (Phi) is 4.46. The minimum absolute atomic E-state index is 0.401. The first-order valence-corrected chi connectivity index (χ1v) is 6.23. The van der Waals surface area contributed by atoms with E-state index in [1.54, 1.807) is 0 Å². The predicted molar refractivity (Wildman–Crippen MR) is 58.5 cm³/mol. The molecule has 0 aliphatic carbocycles. The van der Waals surface area contributed by atoms with E-state index in [1.165, 1.54) is 13.8 Å². The molecular weight excluding hydrogens is 352 g/mol. The lowest BCUT2D eigenvalue weighted by molar-refractivity contribution is -0.352. The Morgan fingerprint density at radius 2 is 1.55 bits per heavy atom. The molecule has 1 saturated heterocycles. The molecule has 11 heteroatoms. The predicted octanol–water partition coefficient (Wildman–Crippen LogP) is 4.46. The highest BCUT2D eigenvalue weighted by Crippen LogP contribution is 2.56. The second-order valence-corrected chi connectivity index (χ2v) is 6.17. The van der Waals surface area contributed by atoms with Gasteiger partial charge in [-0.25, -0.2) is 0 Å². The van der Waals surface area contributed by atoms with Gasteiger partial charge in [-0.05, 0) is 11.6 Å². The van der Waals surface area contributed by atoms with Crippen LogP contribution in [0.4, 0.5) is 35.1 Å². The van der Waals surface area contributed by atoms with E-state index in [4.69, 9.17) is 0 Å². The van der Waals surface area contributed by atoms with Gasteiger partial charge in [0.25, 0.3) is 0 Å². The molecule has 1 unspecified atom stereocenters. The summed E-state index contributed by atoms with van der Waals surface area (Å²) in [5.74, 6) is -19.5. The normalized spacial score (nSPS) is 23.6. The van der Waals surface area contributed by atoms with Crippen molar-refractivity contribution in [3.8, 4) is 0 Å². The summed E-state index contributed by atoms with van der Waals surface area (Å²) < 4.78 is 109. The van der Waals surface area contributed by atoms with Gasteiger partial charge < -0.3 is 4.74 Å². The first-order chi connectivity index (χ1) is 9.46. The quantitative estimate of drug-likeness (QED) is 0.410. The first kappa shape index (κ1) is 19.2. The SMILES string of the molecule is CC1(C)CC(=O)OC1CC(F)(F)C(F)(F)C(F)(F)C(F)(F)Cl. The molecule has 0 spiro atoms. The Bertz CT molecular complexity index is 457. The number of esters is 1. The maximum atomic E-state index is 13.5. The van der Waals surface area contributed by atoms with Crippen molar-refractivity contribution in [3.63, 3.8) is 0 Å². The molecule has 0 aromatic carbocycles. The van der Waals surface area contributed by atoms with Gasteiger partial charge in [0, 0.05) is 5.41 Å². The van der Waals surface area contributed by atoms with Crippen molar-refractivity contribution in [2.24, 2.45) is 5.41 Å². The number of halogens is 9. The standard InChI is InChI=1S/C11H11ClF8O2/c1-7(2)4-6(21)22-5(7)3-8(13,14)9(15,16)10(17,18)11(12,19)20/h5H,3-4H2,1-2H3. The van der Waals surface area contributed by atoms with Crippen LogP contribution in [0.2, 0.25) is 0 Å². The van der Waals surface area contributed by atoms with E-state index in [1.807, 2.05) is 0 Å². The Hall–Kier alpha value is -0.800. The van der Waals surface area contributed by atoms with E-state index in [0.29, 0.717) is 0 Å². The summed E-state index contributed by atoms with van der Waals surface area (Å²) >= 11 is 3.83. The highest BCUT2D eigenvalue weighted by molar-refractivity contribution is 6.22. The van der Waals surface area contributed by atoms with Gasteiger partial charge >= 0.3 is 29.1 Å². The minimum atomic E-state index is -6.50. The third-order valence-corrected chi connectivity index (χ3v) is 3.63. The zero-order valence-electron chi connectivity index (χ0n) is 11.2. The summed E-state index contributed by atoms with van der Waals surface area (Å²) in [5.41, 5.74) is -1.34. The molecule has 0 amide bonds. The molecule has 0 aromatic rings. The van der Waals surface area contributed by atoms with Gasteiger partial charge in [0.15, 0.2) is 0 Å². The van der Waals surface area contributed by atoms with Crippen LogP contribution in [-0.4, -0.2) is 35.2 Å². The second kappa shape index (κ2) is 5.10. The van der Waals surface area contributed by atoms with Crippen molar-refractivity contribution in [2.45, 2.75) is 55.9 Å². The van der Waals surface area contributed by atoms with Crippen LogP contribution in [0.5, 0.6) is 0 Å². The molecule has 130 valence electrons. The van der Waals surface area contributed by atoms with Crippen LogP contribution in [0.25, 0.3) is 0 Å². The van der Waals surface area contributed by atoms with E-state index in [0.717, 1.165) is 0 Å². The Morgan fingerprint density at radius 1 is 1.09 bits per heavy atom. The monoisotopic (exact) mass is 362 g/mol. The van der Waals surface area contributed by atoms with Crippen LogP contribution >= 0.6 is 11.6 Å². The van der Waals surface area contributed by atoms with Crippen molar-refractivity contribution < 1.29 is 44.7 Å². The minimum Gasteiger partial charge on any atom is -0.462 e. The summed E-state index contributed by atoms with van der Waals surface area (Å²) in [5, 5.41) is -5.89. The topological polar surface area (TPSA) is 26.3 Å². The average Bonchev–Trinajstić information content (AvgIpc) is 2.48. The van der Waals surface area contributed by atoms with Gasteiger partial charge in [-0.2, -0.15) is 35.1 Å². The van der Waals surface area contributed by atoms with Crippen LogP contribution in [0.3, 0.4) is 0 Å². The highest BCUT2D eigenvalue weighted by atomic mass is 35.5. The molecule has 1 rings (SSSR count). The van der Waals surface area contributed by atoms with Crippen LogP contribution in [0.1, 0.15) is 26.7 Å². The third-order valence-electron chi connectivity index (χ3n) is 3.40. The van der Waals surface area contributed by atoms with Gasteiger partial charge in [-0.3, -0.25) is 4.79 Å². The molecule has 22 heavy (non-hydrogen) atoms. The van der Waals surface area contributed by atoms with Gasteiger partial charge in [-0.1, -0.05) is 13.8 Å². The lowest BCUT2D eigenvalue weighted by atomic mass is 9.81. The third kappa shape index (κ3) is 2.98.